The zero-order chi connectivity index (χ0) is 22.4. The molecule has 0 saturated heterocycles. The van der Waals surface area contributed by atoms with E-state index in [2.05, 4.69) is 10.2 Å². The summed E-state index contributed by atoms with van der Waals surface area (Å²) in [5, 5.41) is 11.9. The molecule has 2 rings (SSSR count). The molecule has 0 saturated carbocycles. The molecule has 0 bridgehead atoms. The number of esters is 1. The van der Waals surface area contributed by atoms with Crippen molar-refractivity contribution in [3.63, 3.8) is 0 Å². The number of nitrogens with zero attached hydrogens (tertiary/aromatic N) is 1. The van der Waals surface area contributed by atoms with Crippen LogP contribution in [0.4, 0.5) is 4.79 Å². The quantitative estimate of drug-likeness (QED) is 0.532. The molecule has 0 aliphatic heterocycles. The van der Waals surface area contributed by atoms with Crippen LogP contribution in [0.15, 0.2) is 54.6 Å². The van der Waals surface area contributed by atoms with Crippen molar-refractivity contribution in [1.82, 2.24) is 10.4 Å². The Morgan fingerprint density at radius 1 is 0.967 bits per heavy atom. The lowest BCUT2D eigenvalue weighted by Gasteiger charge is -2.31. The van der Waals surface area contributed by atoms with Gasteiger partial charge in [0.1, 0.15) is 5.60 Å². The van der Waals surface area contributed by atoms with Crippen molar-refractivity contribution in [1.29, 1.82) is 0 Å². The first-order valence-electron chi connectivity index (χ1n) is 9.70. The van der Waals surface area contributed by atoms with Gasteiger partial charge in [-0.3, -0.25) is 5.43 Å². The summed E-state index contributed by atoms with van der Waals surface area (Å²) in [5.41, 5.74) is 3.16. The normalized spacial score (nSPS) is 13.4. The summed E-state index contributed by atoms with van der Waals surface area (Å²) >= 11 is 0. The second-order valence-corrected chi connectivity index (χ2v) is 8.30. The van der Waals surface area contributed by atoms with E-state index in [4.69, 9.17) is 4.74 Å². The van der Waals surface area contributed by atoms with Crippen LogP contribution in [0.25, 0.3) is 11.1 Å². The van der Waals surface area contributed by atoms with Gasteiger partial charge in [-0.25, -0.2) is 14.6 Å². The zero-order valence-electron chi connectivity index (χ0n) is 18.1. The third kappa shape index (κ3) is 7.17. The van der Waals surface area contributed by atoms with E-state index in [1.165, 1.54) is 19.0 Å². The second-order valence-electron chi connectivity index (χ2n) is 8.30. The Labute approximate surface area is 177 Å². The minimum atomic E-state index is -1.81. The molecule has 7 heteroatoms. The van der Waals surface area contributed by atoms with Crippen molar-refractivity contribution in [2.24, 2.45) is 0 Å². The summed E-state index contributed by atoms with van der Waals surface area (Å²) in [6.45, 7) is 6.67. The number of methoxy groups -OCH3 is 1. The second kappa shape index (κ2) is 9.73. The summed E-state index contributed by atoms with van der Waals surface area (Å²) in [5.74, 6) is -0.794. The number of amides is 1. The van der Waals surface area contributed by atoms with Crippen LogP contribution in [0.2, 0.25) is 0 Å². The van der Waals surface area contributed by atoms with E-state index in [0.29, 0.717) is 0 Å². The Kier molecular flexibility index (Phi) is 7.59. The number of hydrazine groups is 1. The Balaban J connectivity index is 2.17. The number of hydrogen-bond acceptors (Lipinski definition) is 6. The van der Waals surface area contributed by atoms with Crippen molar-refractivity contribution in [2.45, 2.75) is 45.4 Å². The van der Waals surface area contributed by atoms with Crippen LogP contribution in [0, 0.1) is 0 Å². The smallest absolute Gasteiger partial charge is 0.422 e. The fourth-order valence-corrected chi connectivity index (χ4v) is 2.87. The standard InChI is InChI=1S/C23H30N2O5/c1-22(2,3)30-21(27)24-25(16-23(4,28)20(26)29-5)15-17-11-13-19(14-12-17)18-9-7-6-8-10-18/h6-14,28H,15-16H2,1-5H3,(H,24,27). The monoisotopic (exact) mass is 414 g/mol. The van der Waals surface area contributed by atoms with Crippen molar-refractivity contribution >= 4 is 12.1 Å². The first-order chi connectivity index (χ1) is 14.0. The molecule has 0 aliphatic rings. The first-order valence-corrected chi connectivity index (χ1v) is 9.70. The third-order valence-corrected chi connectivity index (χ3v) is 4.21. The van der Waals surface area contributed by atoms with E-state index < -0.39 is 23.3 Å². The number of carbonyl (C=O) groups is 2. The van der Waals surface area contributed by atoms with Crippen molar-refractivity contribution in [2.75, 3.05) is 13.7 Å². The summed E-state index contributed by atoms with van der Waals surface area (Å²) in [6, 6.07) is 17.8. The van der Waals surface area contributed by atoms with Gasteiger partial charge in [0.15, 0.2) is 5.60 Å². The molecule has 30 heavy (non-hydrogen) atoms. The topological polar surface area (TPSA) is 88.1 Å². The lowest BCUT2D eigenvalue weighted by Crippen LogP contribution is -2.53. The average Bonchev–Trinajstić information content (AvgIpc) is 2.66. The highest BCUT2D eigenvalue weighted by Gasteiger charge is 2.35. The van der Waals surface area contributed by atoms with Crippen LogP contribution < -0.4 is 5.43 Å². The van der Waals surface area contributed by atoms with Gasteiger partial charge < -0.3 is 14.6 Å². The van der Waals surface area contributed by atoms with Gasteiger partial charge in [0, 0.05) is 6.54 Å². The van der Waals surface area contributed by atoms with E-state index >= 15 is 0 Å². The number of rotatable bonds is 7. The molecule has 7 nitrogen and oxygen atoms in total. The molecule has 2 aromatic rings. The lowest BCUT2D eigenvalue weighted by molar-refractivity contribution is -0.163. The van der Waals surface area contributed by atoms with Gasteiger partial charge in [-0.1, -0.05) is 54.6 Å². The molecule has 1 unspecified atom stereocenters. The summed E-state index contributed by atoms with van der Waals surface area (Å²) < 4.78 is 9.95. The molecular formula is C23H30N2O5. The molecule has 0 heterocycles. The maximum Gasteiger partial charge on any atom is 0.422 e. The molecule has 0 spiro atoms. The van der Waals surface area contributed by atoms with Gasteiger partial charge in [-0.05, 0) is 44.4 Å². The molecule has 1 atom stereocenters. The molecule has 0 aliphatic carbocycles. The Morgan fingerprint density at radius 3 is 2.07 bits per heavy atom. The first kappa shape index (κ1) is 23.4. The van der Waals surface area contributed by atoms with Gasteiger partial charge in [0.25, 0.3) is 0 Å². The maximum atomic E-state index is 12.3. The Hall–Kier alpha value is -2.90. The average molecular weight is 415 g/mol. The van der Waals surface area contributed by atoms with E-state index in [9.17, 15) is 14.7 Å². The molecule has 2 aromatic carbocycles. The minimum Gasteiger partial charge on any atom is -0.467 e. The minimum absolute atomic E-state index is 0.181. The van der Waals surface area contributed by atoms with Gasteiger partial charge in [-0.15, -0.1) is 0 Å². The Bertz CT molecular complexity index is 842. The highest BCUT2D eigenvalue weighted by Crippen LogP contribution is 2.20. The molecule has 0 fully saturated rings. The van der Waals surface area contributed by atoms with Crippen molar-refractivity contribution in [3.8, 4) is 11.1 Å². The fourth-order valence-electron chi connectivity index (χ4n) is 2.87. The van der Waals surface area contributed by atoms with Crippen molar-refractivity contribution < 1.29 is 24.2 Å². The largest absolute Gasteiger partial charge is 0.467 e. The maximum absolute atomic E-state index is 12.3. The van der Waals surface area contributed by atoms with Crippen LogP contribution >= 0.6 is 0 Å². The number of ether oxygens (including phenoxy) is 2. The zero-order valence-corrected chi connectivity index (χ0v) is 18.1. The number of hydrogen-bond donors (Lipinski definition) is 2. The summed E-state index contributed by atoms with van der Waals surface area (Å²) in [6.07, 6.45) is -0.677. The number of benzene rings is 2. The van der Waals surface area contributed by atoms with E-state index in [0.717, 1.165) is 16.7 Å². The van der Waals surface area contributed by atoms with Gasteiger partial charge in [0.2, 0.25) is 0 Å². The predicted octanol–water partition coefficient (Wildman–Crippen LogP) is 3.52. The predicted molar refractivity (Wildman–Crippen MR) is 114 cm³/mol. The van der Waals surface area contributed by atoms with Crippen LogP contribution in [-0.2, 0) is 20.8 Å². The molecular weight excluding hydrogens is 384 g/mol. The van der Waals surface area contributed by atoms with Crippen LogP contribution in [0.1, 0.15) is 33.3 Å². The van der Waals surface area contributed by atoms with Crippen molar-refractivity contribution in [3.05, 3.63) is 60.2 Å². The number of aliphatic hydroxyl groups is 1. The van der Waals surface area contributed by atoms with Gasteiger partial charge >= 0.3 is 12.1 Å². The highest BCUT2D eigenvalue weighted by atomic mass is 16.6. The number of carbonyl (C=O) groups excluding carboxylic acids is 2. The highest BCUT2D eigenvalue weighted by molar-refractivity contribution is 5.79. The fraction of sp³-hybridized carbons (Fsp3) is 0.391. The van der Waals surface area contributed by atoms with E-state index in [-0.39, 0.29) is 13.1 Å². The van der Waals surface area contributed by atoms with Crippen LogP contribution in [0.5, 0.6) is 0 Å². The molecule has 162 valence electrons. The molecule has 0 radical (unpaired) electrons. The Morgan fingerprint density at radius 2 is 1.53 bits per heavy atom. The molecule has 0 aromatic heterocycles. The summed E-state index contributed by atoms with van der Waals surface area (Å²) in [7, 11) is 1.20. The summed E-state index contributed by atoms with van der Waals surface area (Å²) in [4.78, 5) is 24.1. The molecule has 1 amide bonds. The van der Waals surface area contributed by atoms with E-state index in [1.807, 2.05) is 54.6 Å². The number of nitrogens with one attached hydrogen (secondary N) is 1. The van der Waals surface area contributed by atoms with Crippen LogP contribution in [0.3, 0.4) is 0 Å². The third-order valence-electron chi connectivity index (χ3n) is 4.21. The SMILES string of the molecule is COC(=O)C(C)(O)CN(Cc1ccc(-c2ccccc2)cc1)NC(=O)OC(C)(C)C. The molecule has 2 N–H and O–H groups in total. The van der Waals surface area contributed by atoms with E-state index in [1.54, 1.807) is 20.8 Å². The van der Waals surface area contributed by atoms with Gasteiger partial charge in [-0.2, -0.15) is 0 Å². The lowest BCUT2D eigenvalue weighted by atomic mass is 10.0. The van der Waals surface area contributed by atoms with Crippen LogP contribution in [-0.4, -0.2) is 47.0 Å². The van der Waals surface area contributed by atoms with Gasteiger partial charge in [0.05, 0.1) is 13.7 Å².